The number of unbranched alkanes of at least 4 members (excludes halogenated alkanes) is 1. The highest BCUT2D eigenvalue weighted by Gasteiger charge is 2.08. The van der Waals surface area contributed by atoms with Crippen molar-refractivity contribution in [1.29, 1.82) is 0 Å². The van der Waals surface area contributed by atoms with Crippen LogP contribution in [0.1, 0.15) is 52.0 Å². The van der Waals surface area contributed by atoms with Crippen molar-refractivity contribution < 1.29 is 8.42 Å². The normalized spacial score (nSPS) is 13.5. The predicted molar refractivity (Wildman–Crippen MR) is 106 cm³/mol. The van der Waals surface area contributed by atoms with Gasteiger partial charge in [-0.25, -0.2) is 13.4 Å². The van der Waals surface area contributed by atoms with E-state index in [4.69, 9.17) is 0 Å². The maximum atomic E-state index is 11.5. The molecule has 0 aliphatic heterocycles. The van der Waals surface area contributed by atoms with Gasteiger partial charge in [0, 0.05) is 19.3 Å². The van der Waals surface area contributed by atoms with Crippen molar-refractivity contribution in [3.8, 4) is 0 Å². The Hall–Kier alpha value is -1.56. The molecular formula is C19H33N3O2S. The summed E-state index contributed by atoms with van der Waals surface area (Å²) >= 11 is 0. The molecule has 142 valence electrons. The van der Waals surface area contributed by atoms with Gasteiger partial charge in [0.1, 0.15) is 0 Å². The van der Waals surface area contributed by atoms with Crippen molar-refractivity contribution in [2.24, 2.45) is 10.9 Å². The van der Waals surface area contributed by atoms with Crippen molar-refractivity contribution in [2.75, 3.05) is 19.3 Å². The standard InChI is InChI=1S/C19H33N3O2S/c1-5-8-9-16(6-2)14-21-19(20-7-3)22-15-17-10-12-18(13-11-17)25(4,23)24/h10-13,16H,5-9,14-15H2,1-4H3,(H2,20,21,22). The summed E-state index contributed by atoms with van der Waals surface area (Å²) in [6.45, 7) is 8.76. The van der Waals surface area contributed by atoms with Crippen LogP contribution in [0.3, 0.4) is 0 Å². The number of guanidine groups is 1. The molecule has 0 bridgehead atoms. The van der Waals surface area contributed by atoms with E-state index in [1.54, 1.807) is 12.1 Å². The van der Waals surface area contributed by atoms with Gasteiger partial charge in [-0.15, -0.1) is 0 Å². The Morgan fingerprint density at radius 3 is 2.32 bits per heavy atom. The largest absolute Gasteiger partial charge is 0.357 e. The van der Waals surface area contributed by atoms with E-state index in [0.717, 1.165) is 24.6 Å². The first-order valence-corrected chi connectivity index (χ1v) is 11.1. The number of sulfone groups is 1. The third kappa shape index (κ3) is 8.38. The van der Waals surface area contributed by atoms with Gasteiger partial charge in [-0.2, -0.15) is 0 Å². The molecule has 0 heterocycles. The summed E-state index contributed by atoms with van der Waals surface area (Å²) in [6.07, 6.45) is 6.12. The quantitative estimate of drug-likeness (QED) is 0.491. The maximum Gasteiger partial charge on any atom is 0.191 e. The Balaban J connectivity index is 2.65. The molecule has 0 saturated carbocycles. The van der Waals surface area contributed by atoms with Gasteiger partial charge in [0.05, 0.1) is 11.4 Å². The number of nitrogens with one attached hydrogen (secondary N) is 2. The number of benzene rings is 1. The van der Waals surface area contributed by atoms with Crippen LogP contribution in [0.5, 0.6) is 0 Å². The van der Waals surface area contributed by atoms with Crippen molar-refractivity contribution in [2.45, 2.75) is 57.9 Å². The lowest BCUT2D eigenvalue weighted by Gasteiger charge is -2.18. The molecule has 0 fully saturated rings. The van der Waals surface area contributed by atoms with E-state index in [1.165, 1.54) is 31.9 Å². The lowest BCUT2D eigenvalue weighted by Crippen LogP contribution is -2.39. The van der Waals surface area contributed by atoms with Gasteiger partial charge in [0.15, 0.2) is 15.8 Å². The number of aliphatic imine (C=N–C) groups is 1. The average molecular weight is 368 g/mol. The second-order valence-electron chi connectivity index (χ2n) is 6.41. The number of hydrogen-bond acceptors (Lipinski definition) is 3. The van der Waals surface area contributed by atoms with Crippen LogP contribution in [0.25, 0.3) is 0 Å². The molecule has 0 saturated heterocycles. The van der Waals surface area contributed by atoms with Crippen LogP contribution in [0, 0.1) is 5.92 Å². The van der Waals surface area contributed by atoms with E-state index in [9.17, 15) is 8.42 Å². The first-order chi connectivity index (χ1) is 11.9. The van der Waals surface area contributed by atoms with Crippen molar-refractivity contribution in [3.05, 3.63) is 29.8 Å². The van der Waals surface area contributed by atoms with Gasteiger partial charge in [0.2, 0.25) is 0 Å². The second kappa shape index (κ2) is 11.1. The molecule has 5 nitrogen and oxygen atoms in total. The van der Waals surface area contributed by atoms with Gasteiger partial charge in [-0.3, -0.25) is 0 Å². The van der Waals surface area contributed by atoms with E-state index in [0.29, 0.717) is 17.4 Å². The highest BCUT2D eigenvalue weighted by Crippen LogP contribution is 2.12. The van der Waals surface area contributed by atoms with E-state index >= 15 is 0 Å². The molecule has 0 aliphatic rings. The topological polar surface area (TPSA) is 70.6 Å². The molecule has 6 heteroatoms. The Bertz CT molecular complexity index is 625. The highest BCUT2D eigenvalue weighted by atomic mass is 32.2. The minimum atomic E-state index is -3.15. The molecule has 0 radical (unpaired) electrons. The fourth-order valence-electron chi connectivity index (χ4n) is 2.54. The van der Waals surface area contributed by atoms with Crippen LogP contribution >= 0.6 is 0 Å². The van der Waals surface area contributed by atoms with Crippen molar-refractivity contribution in [1.82, 2.24) is 10.6 Å². The zero-order valence-electron chi connectivity index (χ0n) is 16.0. The summed E-state index contributed by atoms with van der Waals surface area (Å²) in [7, 11) is -3.15. The summed E-state index contributed by atoms with van der Waals surface area (Å²) < 4.78 is 23.0. The molecule has 25 heavy (non-hydrogen) atoms. The summed E-state index contributed by atoms with van der Waals surface area (Å²) in [5.74, 6) is 1.47. The summed E-state index contributed by atoms with van der Waals surface area (Å²) in [6, 6.07) is 6.91. The fourth-order valence-corrected chi connectivity index (χ4v) is 3.17. The minimum absolute atomic E-state index is 0.340. The van der Waals surface area contributed by atoms with Crippen LogP contribution in [0.15, 0.2) is 34.2 Å². The molecule has 1 aromatic carbocycles. The number of nitrogens with zero attached hydrogens (tertiary/aromatic N) is 1. The first kappa shape index (κ1) is 21.5. The summed E-state index contributed by atoms with van der Waals surface area (Å²) in [5.41, 5.74) is 0.989. The maximum absolute atomic E-state index is 11.5. The van der Waals surface area contributed by atoms with E-state index in [1.807, 2.05) is 19.1 Å². The van der Waals surface area contributed by atoms with Crippen LogP contribution < -0.4 is 10.6 Å². The smallest absolute Gasteiger partial charge is 0.191 e. The molecule has 2 N–H and O–H groups in total. The van der Waals surface area contributed by atoms with Gasteiger partial charge in [0.25, 0.3) is 0 Å². The third-order valence-electron chi connectivity index (χ3n) is 4.22. The molecular weight excluding hydrogens is 334 g/mol. The molecule has 0 spiro atoms. The number of hydrogen-bond donors (Lipinski definition) is 2. The average Bonchev–Trinajstić information content (AvgIpc) is 2.59. The SMILES string of the molecule is CCCCC(CC)CNC(=NCc1ccc(S(C)(=O)=O)cc1)NCC. The predicted octanol–water partition coefficient (Wildman–Crippen LogP) is 3.36. The van der Waals surface area contributed by atoms with Gasteiger partial charge < -0.3 is 10.6 Å². The van der Waals surface area contributed by atoms with E-state index in [-0.39, 0.29) is 0 Å². The molecule has 0 amide bonds. The Morgan fingerprint density at radius 1 is 1.12 bits per heavy atom. The molecule has 0 aromatic heterocycles. The third-order valence-corrected chi connectivity index (χ3v) is 5.35. The number of rotatable bonds is 10. The van der Waals surface area contributed by atoms with Crippen LogP contribution in [0.2, 0.25) is 0 Å². The monoisotopic (exact) mass is 367 g/mol. The molecule has 1 atom stereocenters. The van der Waals surface area contributed by atoms with Crippen LogP contribution in [0.4, 0.5) is 0 Å². The van der Waals surface area contributed by atoms with E-state index in [2.05, 4.69) is 29.5 Å². The second-order valence-corrected chi connectivity index (χ2v) is 8.42. The van der Waals surface area contributed by atoms with Crippen molar-refractivity contribution >= 4 is 15.8 Å². The van der Waals surface area contributed by atoms with Gasteiger partial charge in [-0.1, -0.05) is 45.2 Å². The van der Waals surface area contributed by atoms with E-state index < -0.39 is 9.84 Å². The molecule has 1 aromatic rings. The minimum Gasteiger partial charge on any atom is -0.357 e. The van der Waals surface area contributed by atoms with Gasteiger partial charge in [-0.05, 0) is 37.0 Å². The zero-order chi connectivity index (χ0) is 18.7. The Morgan fingerprint density at radius 2 is 1.80 bits per heavy atom. The van der Waals surface area contributed by atoms with Crippen LogP contribution in [-0.2, 0) is 16.4 Å². The lowest BCUT2D eigenvalue weighted by atomic mass is 9.99. The van der Waals surface area contributed by atoms with Crippen LogP contribution in [-0.4, -0.2) is 33.7 Å². The zero-order valence-corrected chi connectivity index (χ0v) is 16.8. The summed E-state index contributed by atoms with van der Waals surface area (Å²) in [4.78, 5) is 4.95. The molecule has 0 aliphatic carbocycles. The first-order valence-electron chi connectivity index (χ1n) is 9.21. The lowest BCUT2D eigenvalue weighted by molar-refractivity contribution is 0.443. The highest BCUT2D eigenvalue weighted by molar-refractivity contribution is 7.90. The Labute approximate surface area is 153 Å². The Kier molecular flexibility index (Phi) is 9.57. The van der Waals surface area contributed by atoms with Crippen molar-refractivity contribution in [3.63, 3.8) is 0 Å². The fraction of sp³-hybridized carbons (Fsp3) is 0.632. The molecule has 1 rings (SSSR count). The molecule has 1 unspecified atom stereocenters. The van der Waals surface area contributed by atoms with Gasteiger partial charge >= 0.3 is 0 Å². The summed E-state index contributed by atoms with van der Waals surface area (Å²) in [5, 5.41) is 6.70.